The van der Waals surface area contributed by atoms with Crippen molar-refractivity contribution >= 4 is 17.6 Å². The summed E-state index contributed by atoms with van der Waals surface area (Å²) in [5.74, 6) is 0.115. The summed E-state index contributed by atoms with van der Waals surface area (Å²) in [6, 6.07) is 3.36. The molecule has 1 aromatic heterocycles. The van der Waals surface area contributed by atoms with E-state index in [4.69, 9.17) is 10.5 Å². The predicted octanol–water partition coefficient (Wildman–Crippen LogP) is -1.18. The summed E-state index contributed by atoms with van der Waals surface area (Å²) in [4.78, 5) is 32.0. The van der Waals surface area contributed by atoms with E-state index in [9.17, 15) is 9.59 Å². The van der Waals surface area contributed by atoms with E-state index in [1.165, 1.54) is 0 Å². The number of hydrogen-bond acceptors (Lipinski definition) is 6. The van der Waals surface area contributed by atoms with Gasteiger partial charge in [0.05, 0.1) is 12.2 Å². The van der Waals surface area contributed by atoms with Crippen LogP contribution in [0.5, 0.6) is 0 Å². The van der Waals surface area contributed by atoms with Gasteiger partial charge in [-0.2, -0.15) is 0 Å². The minimum atomic E-state index is -0.492. The highest BCUT2D eigenvalue weighted by molar-refractivity contribution is 5.97. The summed E-state index contributed by atoms with van der Waals surface area (Å²) in [7, 11) is 0. The van der Waals surface area contributed by atoms with Crippen molar-refractivity contribution in [2.24, 2.45) is 5.73 Å². The van der Waals surface area contributed by atoms with E-state index >= 15 is 0 Å². The molecule has 8 heteroatoms. The molecule has 0 bridgehead atoms. The van der Waals surface area contributed by atoms with Gasteiger partial charge in [0.2, 0.25) is 0 Å². The van der Waals surface area contributed by atoms with Crippen LogP contribution in [0, 0.1) is 0 Å². The Morgan fingerprint density at radius 1 is 1.30 bits per heavy atom. The zero-order valence-corrected chi connectivity index (χ0v) is 12.9. The molecule has 2 fully saturated rings. The van der Waals surface area contributed by atoms with Crippen LogP contribution < -0.4 is 16.0 Å². The molecule has 23 heavy (non-hydrogen) atoms. The van der Waals surface area contributed by atoms with Crippen molar-refractivity contribution in [2.75, 3.05) is 50.8 Å². The van der Waals surface area contributed by atoms with Gasteiger partial charge >= 0.3 is 0 Å². The zero-order valence-electron chi connectivity index (χ0n) is 12.9. The number of carbonyl (C=O) groups is 2. The number of amides is 2. The van der Waals surface area contributed by atoms with Crippen molar-refractivity contribution in [1.82, 2.24) is 15.2 Å². The lowest BCUT2D eigenvalue weighted by Crippen LogP contribution is -2.55. The number of ether oxygens (including phenoxy) is 1. The second-order valence-electron chi connectivity index (χ2n) is 5.61. The third-order valence-electron chi connectivity index (χ3n) is 4.15. The first-order valence-corrected chi connectivity index (χ1v) is 7.77. The summed E-state index contributed by atoms with van der Waals surface area (Å²) in [6.45, 7) is 4.29. The van der Waals surface area contributed by atoms with Crippen LogP contribution in [0.25, 0.3) is 0 Å². The van der Waals surface area contributed by atoms with Gasteiger partial charge in [-0.25, -0.2) is 4.98 Å². The molecule has 8 nitrogen and oxygen atoms in total. The minimum Gasteiger partial charge on any atom is -0.366 e. The van der Waals surface area contributed by atoms with Gasteiger partial charge < -0.3 is 25.6 Å². The summed E-state index contributed by atoms with van der Waals surface area (Å²) in [6.07, 6.45) is 1.24. The number of morpholine rings is 1. The summed E-state index contributed by atoms with van der Waals surface area (Å²) in [5, 5.41) is 3.17. The fourth-order valence-corrected chi connectivity index (χ4v) is 2.91. The highest BCUT2D eigenvalue weighted by Gasteiger charge is 2.30. The molecule has 3 rings (SSSR count). The Bertz CT molecular complexity index is 580. The van der Waals surface area contributed by atoms with Crippen LogP contribution in [-0.2, 0) is 9.53 Å². The molecule has 1 atom stereocenters. The van der Waals surface area contributed by atoms with Crippen LogP contribution in [0.4, 0.5) is 5.82 Å². The van der Waals surface area contributed by atoms with Crippen LogP contribution in [0.1, 0.15) is 10.4 Å². The zero-order chi connectivity index (χ0) is 16.2. The molecule has 1 unspecified atom stereocenters. The Hall–Kier alpha value is -2.19. The van der Waals surface area contributed by atoms with Gasteiger partial charge in [-0.3, -0.25) is 9.59 Å². The Labute approximate surface area is 134 Å². The normalized spacial score (nSPS) is 22.0. The summed E-state index contributed by atoms with van der Waals surface area (Å²) in [5.41, 5.74) is 5.81. The third-order valence-corrected chi connectivity index (χ3v) is 4.15. The van der Waals surface area contributed by atoms with Gasteiger partial charge in [-0.05, 0) is 12.1 Å². The first kappa shape index (κ1) is 15.7. The molecule has 2 saturated heterocycles. The molecule has 0 radical (unpaired) electrons. The van der Waals surface area contributed by atoms with Gasteiger partial charge in [0.25, 0.3) is 11.8 Å². The van der Waals surface area contributed by atoms with E-state index in [1.807, 2.05) is 4.90 Å². The van der Waals surface area contributed by atoms with E-state index in [0.717, 1.165) is 6.54 Å². The summed E-state index contributed by atoms with van der Waals surface area (Å²) >= 11 is 0. The smallest absolute Gasteiger partial charge is 0.253 e. The second-order valence-corrected chi connectivity index (χ2v) is 5.61. The van der Waals surface area contributed by atoms with Crippen molar-refractivity contribution in [1.29, 1.82) is 0 Å². The number of aromatic nitrogens is 1. The fraction of sp³-hybridized carbons (Fsp3) is 0.533. The third kappa shape index (κ3) is 3.43. The number of piperazine rings is 1. The van der Waals surface area contributed by atoms with E-state index < -0.39 is 12.0 Å². The molecular formula is C15H21N5O3. The summed E-state index contributed by atoms with van der Waals surface area (Å²) < 4.78 is 5.51. The molecule has 124 valence electrons. The molecular weight excluding hydrogens is 298 g/mol. The van der Waals surface area contributed by atoms with Gasteiger partial charge in [0, 0.05) is 45.5 Å². The number of pyridine rings is 1. The molecule has 2 amide bonds. The van der Waals surface area contributed by atoms with Crippen LogP contribution in [0.3, 0.4) is 0 Å². The fourth-order valence-electron chi connectivity index (χ4n) is 2.91. The Morgan fingerprint density at radius 3 is 2.74 bits per heavy atom. The van der Waals surface area contributed by atoms with Crippen LogP contribution >= 0.6 is 0 Å². The maximum Gasteiger partial charge on any atom is 0.253 e. The van der Waals surface area contributed by atoms with E-state index in [-0.39, 0.29) is 5.91 Å². The minimum absolute atomic E-state index is 0.0213. The highest BCUT2D eigenvalue weighted by Crippen LogP contribution is 2.19. The highest BCUT2D eigenvalue weighted by atomic mass is 16.5. The average molecular weight is 319 g/mol. The number of nitrogens with two attached hydrogens (primary N) is 1. The van der Waals surface area contributed by atoms with E-state index in [1.54, 1.807) is 23.2 Å². The number of rotatable bonds is 3. The molecule has 2 aliphatic heterocycles. The molecule has 3 heterocycles. The standard InChI is InChI=1S/C15H21N5O3/c16-13(21)11-2-1-3-18-14(11)19-5-7-20(8-6-19)15(22)12-10-17-4-9-23-12/h1-3,12,17H,4-10H2,(H2,16,21). The van der Waals surface area contributed by atoms with Gasteiger partial charge in [0.1, 0.15) is 11.9 Å². The Kier molecular flexibility index (Phi) is 4.73. The predicted molar refractivity (Wildman–Crippen MR) is 84.2 cm³/mol. The Balaban J connectivity index is 1.62. The number of primary amides is 1. The molecule has 0 saturated carbocycles. The first-order valence-electron chi connectivity index (χ1n) is 7.77. The largest absolute Gasteiger partial charge is 0.366 e. The van der Waals surface area contributed by atoms with Crippen LogP contribution in [0.15, 0.2) is 18.3 Å². The van der Waals surface area contributed by atoms with Crippen molar-refractivity contribution in [3.63, 3.8) is 0 Å². The number of nitrogens with one attached hydrogen (secondary N) is 1. The first-order chi connectivity index (χ1) is 11.2. The van der Waals surface area contributed by atoms with Crippen LogP contribution in [-0.4, -0.2) is 73.7 Å². The maximum absolute atomic E-state index is 12.4. The lowest BCUT2D eigenvalue weighted by atomic mass is 10.2. The lowest BCUT2D eigenvalue weighted by molar-refractivity contribution is -0.145. The van der Waals surface area contributed by atoms with Gasteiger partial charge in [-0.1, -0.05) is 0 Å². The van der Waals surface area contributed by atoms with E-state index in [0.29, 0.717) is 50.7 Å². The number of nitrogens with zero attached hydrogens (tertiary/aromatic N) is 3. The van der Waals surface area contributed by atoms with Crippen molar-refractivity contribution in [3.05, 3.63) is 23.9 Å². The number of carbonyl (C=O) groups excluding carboxylic acids is 2. The van der Waals surface area contributed by atoms with Crippen molar-refractivity contribution in [3.8, 4) is 0 Å². The number of hydrogen-bond donors (Lipinski definition) is 2. The van der Waals surface area contributed by atoms with E-state index in [2.05, 4.69) is 10.3 Å². The molecule has 0 aromatic carbocycles. The number of anilines is 1. The molecule has 0 spiro atoms. The lowest BCUT2D eigenvalue weighted by Gasteiger charge is -2.37. The monoisotopic (exact) mass is 319 g/mol. The quantitative estimate of drug-likeness (QED) is 0.727. The van der Waals surface area contributed by atoms with Crippen molar-refractivity contribution < 1.29 is 14.3 Å². The van der Waals surface area contributed by atoms with Gasteiger partial charge in [-0.15, -0.1) is 0 Å². The molecule has 2 aliphatic rings. The van der Waals surface area contributed by atoms with Crippen LogP contribution in [0.2, 0.25) is 0 Å². The SMILES string of the molecule is NC(=O)c1cccnc1N1CCN(C(=O)C2CNCCO2)CC1. The molecule has 3 N–H and O–H groups in total. The van der Waals surface area contributed by atoms with Gasteiger partial charge in [0.15, 0.2) is 0 Å². The second kappa shape index (κ2) is 6.93. The maximum atomic E-state index is 12.4. The average Bonchev–Trinajstić information content (AvgIpc) is 2.62. The van der Waals surface area contributed by atoms with Crippen molar-refractivity contribution in [2.45, 2.75) is 6.10 Å². The topological polar surface area (TPSA) is 101 Å². The molecule has 0 aliphatic carbocycles. The molecule has 1 aromatic rings. The Morgan fingerprint density at radius 2 is 2.09 bits per heavy atom.